The van der Waals surface area contributed by atoms with Gasteiger partial charge in [0, 0.05) is 0 Å². The van der Waals surface area contributed by atoms with Crippen LogP contribution in [0.2, 0.25) is 0 Å². The number of rotatable bonds is 70. The minimum absolute atomic E-state index is 0.145. The lowest BCUT2D eigenvalue weighted by Crippen LogP contribution is -2.68. The third-order valence-electron chi connectivity index (χ3n) is 20.5. The first-order chi connectivity index (χ1) is 53.1. The van der Waals surface area contributed by atoms with Crippen LogP contribution in [-0.2, 0) is 80.1 Å². The third kappa shape index (κ3) is 50.8. The van der Waals surface area contributed by atoms with Gasteiger partial charge in [0.1, 0.15) is 48.7 Å². The van der Waals surface area contributed by atoms with E-state index < -0.39 is 188 Å². The monoisotopic (exact) mass is 1630 g/mol. The van der Waals surface area contributed by atoms with E-state index in [-0.39, 0.29) is 38.5 Å². The molecule has 0 aromatic heterocycles. The molecule has 0 aliphatic carbocycles. The number of phosphoric ester groups is 2. The molecule has 2 saturated heterocycles. The van der Waals surface area contributed by atoms with Crippen molar-refractivity contribution < 1.29 is 130 Å². The highest BCUT2D eigenvalue weighted by molar-refractivity contribution is 7.46. The van der Waals surface area contributed by atoms with Crippen molar-refractivity contribution in [3.8, 4) is 0 Å². The highest BCUT2D eigenvalue weighted by Crippen LogP contribution is 2.44. The number of nitrogens with one attached hydrogen (secondary N) is 2. The molecule has 2 aliphatic rings. The molecule has 16 atom stereocenters. The molecule has 0 saturated carbocycles. The van der Waals surface area contributed by atoms with Gasteiger partial charge >= 0.3 is 39.5 Å². The summed E-state index contributed by atoms with van der Waals surface area (Å²) in [5, 5.41) is 72.8. The highest BCUT2D eigenvalue weighted by atomic mass is 31.2. The molecule has 2 aliphatic heterocycles. The molecule has 0 bridgehead atoms. The van der Waals surface area contributed by atoms with Crippen LogP contribution in [0.25, 0.3) is 0 Å². The smallest absolute Gasteiger partial charge is 0.462 e. The lowest BCUT2D eigenvalue weighted by atomic mass is 9.95. The Morgan fingerprint density at radius 2 is 0.649 bits per heavy atom. The molecular weight excluding hydrogens is 1480 g/mol. The molecule has 2 amide bonds. The van der Waals surface area contributed by atoms with Gasteiger partial charge < -0.3 is 94.0 Å². The number of carbonyl (C=O) groups excluding carboxylic acids is 6. The van der Waals surface area contributed by atoms with Crippen LogP contribution in [0.5, 0.6) is 0 Å². The van der Waals surface area contributed by atoms with Crippen molar-refractivity contribution >= 4 is 51.3 Å². The van der Waals surface area contributed by atoms with Gasteiger partial charge in [0.2, 0.25) is 11.8 Å². The van der Waals surface area contributed by atoms with Gasteiger partial charge in [-0.1, -0.05) is 273 Å². The number of hydrogen-bond acceptors (Lipinski definition) is 23. The van der Waals surface area contributed by atoms with Crippen molar-refractivity contribution in [1.29, 1.82) is 0 Å². The number of carbonyl (C=O) groups is 6. The van der Waals surface area contributed by atoms with Gasteiger partial charge in [-0.25, -0.2) is 9.13 Å². The number of ether oxygens (including phenoxy) is 7. The van der Waals surface area contributed by atoms with Crippen molar-refractivity contribution in [3.05, 3.63) is 0 Å². The maximum atomic E-state index is 14.8. The van der Waals surface area contributed by atoms with Crippen LogP contribution in [-0.4, -0.2) is 197 Å². The predicted molar refractivity (Wildman–Crippen MR) is 419 cm³/mol. The molecule has 0 aromatic rings. The summed E-state index contributed by atoms with van der Waals surface area (Å²) in [5.74, 6) is -5.81. The van der Waals surface area contributed by atoms with Crippen LogP contribution in [0.1, 0.15) is 363 Å². The Kier molecular flexibility index (Phi) is 58.7. The van der Waals surface area contributed by atoms with E-state index in [1.165, 1.54) is 0 Å². The maximum absolute atomic E-state index is 14.8. The standard InChI is InChI=1S/C80H150N2O27P2/c1-7-13-19-25-29-35-41-47-59(84)51-69(90)102-63(49-43-37-31-27-21-15-9-3)55-67(88)81-73-77(106-71(92)53-61(86)45-39-33-23-17-11-5)75(94)66(105-80(73)109-111(98,99)100)58-101-79-74(78(76(65(57-83)104-79)108-110(95,96)97)107-72(93)54-62(87)46-40-34-24-18-12-6)82-68(89)56-64(50-44-38-32-28-22-16-10-4)103-70(91)52-60(85)48-42-36-30-26-20-14-8-2/h59-66,73-80,83-87,94H,7-58H2,1-6H3,(H,81,88)(H,82,89)(H2,95,96,97)(H2,98,99,100)/t59-,60-,61-,62-,63-,64-,65-,66-,73-,74-,75-,76-,77-,78-,79-,80-/m1/s1. The van der Waals surface area contributed by atoms with E-state index in [0.717, 1.165) is 193 Å². The van der Waals surface area contributed by atoms with Gasteiger partial charge in [-0.3, -0.25) is 37.8 Å². The molecule has 2 heterocycles. The fourth-order valence-electron chi connectivity index (χ4n) is 14.2. The Labute approximate surface area is 663 Å². The second-order valence-corrected chi connectivity index (χ2v) is 33.3. The number of esters is 4. The van der Waals surface area contributed by atoms with E-state index in [2.05, 4.69) is 38.3 Å². The summed E-state index contributed by atoms with van der Waals surface area (Å²) in [6, 6.07) is -3.98. The van der Waals surface area contributed by atoms with Gasteiger partial charge in [0.15, 0.2) is 24.8 Å². The van der Waals surface area contributed by atoms with Crippen molar-refractivity contribution in [2.45, 2.75) is 460 Å². The lowest BCUT2D eigenvalue weighted by Gasteiger charge is -2.47. The number of phosphoric acid groups is 2. The Balaban J connectivity index is 2.82. The van der Waals surface area contributed by atoms with E-state index in [4.69, 9.17) is 42.2 Å². The van der Waals surface area contributed by atoms with Gasteiger partial charge in [0.05, 0.1) is 76.2 Å². The highest BCUT2D eigenvalue weighted by Gasteiger charge is 2.55. The molecule has 111 heavy (non-hydrogen) atoms. The summed E-state index contributed by atoms with van der Waals surface area (Å²) in [5.41, 5.74) is 0. The maximum Gasteiger partial charge on any atom is 0.472 e. The van der Waals surface area contributed by atoms with E-state index in [1.54, 1.807) is 0 Å². The van der Waals surface area contributed by atoms with Gasteiger partial charge in [0.25, 0.3) is 0 Å². The van der Waals surface area contributed by atoms with Crippen molar-refractivity contribution in [1.82, 2.24) is 10.6 Å². The largest absolute Gasteiger partial charge is 0.472 e. The van der Waals surface area contributed by atoms with Gasteiger partial charge in [-0.2, -0.15) is 0 Å². The quantitative estimate of drug-likeness (QED) is 0.0116. The summed E-state index contributed by atoms with van der Waals surface area (Å²) in [6.45, 7) is 10.3. The SMILES string of the molecule is CCCCCCCCC[C@@H](O)CC(=O)O[C@H](CCCCCCCCC)CC(=O)N[C@H]1[C@H](OC[C@H]2O[C@H](OP(=O)(O)O)[C@H](NC(=O)C[C@@H](CCCCCCCCC)OC(=O)C[C@H](O)CCCCCCCCC)[C@@H](OC(=O)C[C@H](O)CCCCCCC)[C@@H]2O)O[C@H](CO)[C@@H](OP(=O)(O)O)[C@@H]1OC(=O)C[C@H](O)CCCCCCC. The van der Waals surface area contributed by atoms with E-state index >= 15 is 0 Å². The minimum Gasteiger partial charge on any atom is -0.462 e. The fourth-order valence-corrected chi connectivity index (χ4v) is 15.2. The predicted octanol–water partition coefficient (Wildman–Crippen LogP) is 13.1. The second kappa shape index (κ2) is 62.9. The average Bonchev–Trinajstić information content (AvgIpc) is 0.782. The third-order valence-corrected chi connectivity index (χ3v) is 21.5. The zero-order valence-electron chi connectivity index (χ0n) is 68.3. The Bertz CT molecular complexity index is 2530. The first kappa shape index (κ1) is 104. The molecule has 2 fully saturated rings. The summed E-state index contributed by atoms with van der Waals surface area (Å²) < 4.78 is 78.5. The number of aliphatic hydroxyl groups is 6. The lowest BCUT2D eigenvalue weighted by molar-refractivity contribution is -0.296. The molecule has 31 heteroatoms. The molecule has 12 N–H and O–H groups in total. The Hall–Kier alpha value is -3.32. The fraction of sp³-hybridized carbons (Fsp3) is 0.925. The molecule has 652 valence electrons. The van der Waals surface area contributed by atoms with Crippen LogP contribution >= 0.6 is 15.6 Å². The average molecular weight is 1630 g/mol. The number of amides is 2. The number of aliphatic hydroxyl groups excluding tert-OH is 6. The van der Waals surface area contributed by atoms with Crippen LogP contribution in [0, 0.1) is 0 Å². The van der Waals surface area contributed by atoms with Crippen LogP contribution in [0.3, 0.4) is 0 Å². The summed E-state index contributed by atoms with van der Waals surface area (Å²) in [4.78, 5) is 127. The molecule has 0 unspecified atom stereocenters. The number of hydrogen-bond donors (Lipinski definition) is 12. The second-order valence-electron chi connectivity index (χ2n) is 31.0. The Morgan fingerprint density at radius 1 is 0.360 bits per heavy atom. The van der Waals surface area contributed by atoms with Crippen molar-refractivity contribution in [2.75, 3.05) is 13.2 Å². The molecule has 2 rings (SSSR count). The molecule has 0 aromatic carbocycles. The van der Waals surface area contributed by atoms with E-state index in [0.29, 0.717) is 64.2 Å². The Morgan fingerprint density at radius 3 is 0.973 bits per heavy atom. The van der Waals surface area contributed by atoms with E-state index in [9.17, 15) is 88.1 Å². The van der Waals surface area contributed by atoms with Crippen LogP contribution < -0.4 is 10.6 Å². The zero-order chi connectivity index (χ0) is 82.2. The first-order valence-electron chi connectivity index (χ1n) is 42.9. The van der Waals surface area contributed by atoms with Crippen LogP contribution in [0.15, 0.2) is 0 Å². The zero-order valence-corrected chi connectivity index (χ0v) is 70.1. The normalized spacial score (nSPS) is 21.9. The summed E-state index contributed by atoms with van der Waals surface area (Å²) in [6.07, 6.45) is 8.32. The molecule has 0 spiro atoms. The minimum atomic E-state index is -5.74. The van der Waals surface area contributed by atoms with Gasteiger partial charge in [-0.15, -0.1) is 0 Å². The molecular formula is C80H150N2O27P2. The van der Waals surface area contributed by atoms with Crippen molar-refractivity contribution in [3.63, 3.8) is 0 Å². The first-order valence-corrected chi connectivity index (χ1v) is 45.9. The van der Waals surface area contributed by atoms with Crippen molar-refractivity contribution in [2.24, 2.45) is 0 Å². The summed E-state index contributed by atoms with van der Waals surface area (Å²) >= 11 is 0. The molecule has 0 radical (unpaired) electrons. The topological polar surface area (TPSA) is 446 Å². The van der Waals surface area contributed by atoms with Gasteiger partial charge in [-0.05, 0) is 51.4 Å². The molecule has 29 nitrogen and oxygen atoms in total. The van der Waals surface area contributed by atoms with E-state index in [1.807, 2.05) is 13.8 Å². The summed E-state index contributed by atoms with van der Waals surface area (Å²) in [7, 11) is -11.4. The van der Waals surface area contributed by atoms with Crippen LogP contribution in [0.4, 0.5) is 0 Å². The number of unbranched alkanes of at least 4 members (excludes halogenated alkanes) is 32.